The topological polar surface area (TPSA) is 74.3 Å². The summed E-state index contributed by atoms with van der Waals surface area (Å²) < 4.78 is 0. The highest BCUT2D eigenvalue weighted by molar-refractivity contribution is 6.31. The number of benzene rings is 2. The Hall–Kier alpha value is -2.96. The number of amides is 2. The number of carbonyl (C=O) groups excluding carboxylic acids is 2. The van der Waals surface area contributed by atoms with Crippen LogP contribution in [0.3, 0.4) is 0 Å². The Kier molecular flexibility index (Phi) is 7.16. The highest BCUT2D eigenvalue weighted by atomic mass is 35.5. The van der Waals surface area contributed by atoms with E-state index in [1.807, 2.05) is 54.6 Å². The van der Waals surface area contributed by atoms with Crippen LogP contribution in [0.1, 0.15) is 25.3 Å². The van der Waals surface area contributed by atoms with Crippen molar-refractivity contribution < 1.29 is 9.59 Å². The molecule has 0 aliphatic heterocycles. The monoisotopic (exact) mass is 410 g/mol. The van der Waals surface area contributed by atoms with Crippen molar-refractivity contribution in [2.45, 2.75) is 26.3 Å². The van der Waals surface area contributed by atoms with Gasteiger partial charge in [-0.15, -0.1) is 0 Å². The number of nitrogens with one attached hydrogen (secondary N) is 2. The Morgan fingerprint density at radius 3 is 2.55 bits per heavy atom. The van der Waals surface area contributed by atoms with Gasteiger partial charge in [-0.2, -0.15) is 0 Å². The molecule has 6 nitrogen and oxygen atoms in total. The quantitative estimate of drug-likeness (QED) is 0.547. The minimum absolute atomic E-state index is 0.117. The van der Waals surface area contributed by atoms with Crippen molar-refractivity contribution in [3.63, 3.8) is 0 Å². The summed E-state index contributed by atoms with van der Waals surface area (Å²) in [6.07, 6.45) is 2.54. The largest absolute Gasteiger partial charge is 0.311 e. The van der Waals surface area contributed by atoms with Crippen LogP contribution in [0.25, 0.3) is 10.8 Å². The van der Waals surface area contributed by atoms with E-state index in [0.29, 0.717) is 30.4 Å². The lowest BCUT2D eigenvalue weighted by Gasteiger charge is -2.22. The van der Waals surface area contributed by atoms with Crippen LogP contribution >= 0.6 is 11.6 Å². The van der Waals surface area contributed by atoms with Crippen molar-refractivity contribution in [3.8, 4) is 0 Å². The first-order valence-corrected chi connectivity index (χ1v) is 9.80. The van der Waals surface area contributed by atoms with Gasteiger partial charge in [-0.05, 0) is 29.5 Å². The van der Waals surface area contributed by atoms with Gasteiger partial charge >= 0.3 is 0 Å². The van der Waals surface area contributed by atoms with Gasteiger partial charge in [-0.3, -0.25) is 14.6 Å². The molecule has 0 saturated heterocycles. The van der Waals surface area contributed by atoms with Gasteiger partial charge in [0.2, 0.25) is 11.8 Å². The molecule has 0 radical (unpaired) electrons. The first-order chi connectivity index (χ1) is 14.0. The lowest BCUT2D eigenvalue weighted by molar-refractivity contribution is -0.132. The van der Waals surface area contributed by atoms with E-state index >= 15 is 0 Å². The zero-order valence-corrected chi connectivity index (χ0v) is 16.9. The van der Waals surface area contributed by atoms with Crippen LogP contribution in [-0.2, 0) is 16.1 Å². The second kappa shape index (κ2) is 10.0. The van der Waals surface area contributed by atoms with Crippen LogP contribution < -0.4 is 10.7 Å². The molecule has 3 rings (SSSR count). The number of hydrazine groups is 1. The Morgan fingerprint density at radius 2 is 1.79 bits per heavy atom. The molecular formula is C22H23ClN4O2. The van der Waals surface area contributed by atoms with Gasteiger partial charge in [-0.1, -0.05) is 54.1 Å². The molecule has 2 N–H and O–H groups in total. The third-order valence-electron chi connectivity index (χ3n) is 4.48. The number of hydrogen-bond donors (Lipinski definition) is 2. The number of halogens is 1. The van der Waals surface area contributed by atoms with E-state index in [1.54, 1.807) is 6.20 Å². The van der Waals surface area contributed by atoms with Crippen LogP contribution in [0, 0.1) is 0 Å². The van der Waals surface area contributed by atoms with Crippen molar-refractivity contribution in [2.75, 3.05) is 11.9 Å². The summed E-state index contributed by atoms with van der Waals surface area (Å²) in [4.78, 5) is 28.4. The van der Waals surface area contributed by atoms with Crippen LogP contribution in [0.15, 0.2) is 60.8 Å². The van der Waals surface area contributed by atoms with E-state index in [4.69, 9.17) is 11.6 Å². The first-order valence-electron chi connectivity index (χ1n) is 9.42. The maximum absolute atomic E-state index is 12.2. The van der Waals surface area contributed by atoms with Crippen LogP contribution in [-0.4, -0.2) is 28.4 Å². The Morgan fingerprint density at radius 1 is 1.07 bits per heavy atom. The summed E-state index contributed by atoms with van der Waals surface area (Å²) in [5.41, 5.74) is 3.98. The fourth-order valence-electron chi connectivity index (χ4n) is 2.93. The molecule has 1 aromatic heterocycles. The highest BCUT2D eigenvalue weighted by Gasteiger charge is 2.11. The molecule has 2 amide bonds. The van der Waals surface area contributed by atoms with Gasteiger partial charge in [-0.25, -0.2) is 10.4 Å². The number of hydrogen-bond acceptors (Lipinski definition) is 4. The predicted molar refractivity (Wildman–Crippen MR) is 115 cm³/mol. The number of carbonyl (C=O) groups is 2. The zero-order valence-electron chi connectivity index (χ0n) is 16.2. The van der Waals surface area contributed by atoms with E-state index < -0.39 is 0 Å². The van der Waals surface area contributed by atoms with Crippen molar-refractivity contribution in [1.29, 1.82) is 0 Å². The fraction of sp³-hybridized carbons (Fsp3) is 0.227. The first kappa shape index (κ1) is 20.8. The number of nitrogens with zero attached hydrogens (tertiary/aromatic N) is 2. The van der Waals surface area contributed by atoms with Gasteiger partial charge in [0.05, 0.1) is 0 Å². The van der Waals surface area contributed by atoms with E-state index in [2.05, 4.69) is 15.7 Å². The molecule has 3 aromatic rings. The van der Waals surface area contributed by atoms with E-state index in [9.17, 15) is 9.59 Å². The van der Waals surface area contributed by atoms with Gasteiger partial charge < -0.3 is 5.32 Å². The number of pyridine rings is 1. The third-order valence-corrected chi connectivity index (χ3v) is 4.85. The number of rotatable bonds is 8. The SMILES string of the molecule is CC(=O)N(CCCC(=O)Nc1cc2ccccc2cn1)NCc1ccccc1Cl. The second-order valence-electron chi connectivity index (χ2n) is 6.67. The Bertz CT molecular complexity index is 1010. The summed E-state index contributed by atoms with van der Waals surface area (Å²) in [6.45, 7) is 2.34. The van der Waals surface area contributed by atoms with Gasteiger partial charge in [0, 0.05) is 43.0 Å². The minimum atomic E-state index is -0.137. The molecule has 7 heteroatoms. The van der Waals surface area contributed by atoms with E-state index in [-0.39, 0.29) is 18.2 Å². The van der Waals surface area contributed by atoms with Crippen molar-refractivity contribution in [2.24, 2.45) is 0 Å². The molecule has 0 bridgehead atoms. The second-order valence-corrected chi connectivity index (χ2v) is 7.07. The molecule has 1 heterocycles. The summed E-state index contributed by atoms with van der Waals surface area (Å²) in [7, 11) is 0. The molecule has 0 saturated carbocycles. The number of anilines is 1. The van der Waals surface area contributed by atoms with Gasteiger partial charge in [0.15, 0.2) is 0 Å². The maximum Gasteiger partial charge on any atom is 0.233 e. The van der Waals surface area contributed by atoms with Crippen molar-refractivity contribution in [1.82, 2.24) is 15.4 Å². The molecule has 29 heavy (non-hydrogen) atoms. The molecule has 0 spiro atoms. The summed E-state index contributed by atoms with van der Waals surface area (Å²) >= 11 is 6.14. The molecule has 0 aliphatic rings. The van der Waals surface area contributed by atoms with Gasteiger partial charge in [0.1, 0.15) is 5.82 Å². The molecule has 0 unspecified atom stereocenters. The highest BCUT2D eigenvalue weighted by Crippen LogP contribution is 2.16. The fourth-order valence-corrected chi connectivity index (χ4v) is 3.13. The lowest BCUT2D eigenvalue weighted by atomic mass is 10.2. The summed E-state index contributed by atoms with van der Waals surface area (Å²) in [5.74, 6) is 0.269. The number of fused-ring (bicyclic) bond motifs is 1. The minimum Gasteiger partial charge on any atom is -0.311 e. The molecule has 150 valence electrons. The van der Waals surface area contributed by atoms with Gasteiger partial charge in [0.25, 0.3) is 0 Å². The van der Waals surface area contributed by atoms with Crippen molar-refractivity contribution >= 4 is 40.0 Å². The number of aromatic nitrogens is 1. The molecule has 2 aromatic carbocycles. The zero-order chi connectivity index (χ0) is 20.6. The average molecular weight is 411 g/mol. The molecule has 0 aliphatic carbocycles. The Balaban J connectivity index is 1.47. The van der Waals surface area contributed by atoms with Crippen LogP contribution in [0.4, 0.5) is 5.82 Å². The van der Waals surface area contributed by atoms with E-state index in [0.717, 1.165) is 16.3 Å². The predicted octanol–water partition coefficient (Wildman–Crippen LogP) is 4.16. The summed E-state index contributed by atoms with van der Waals surface area (Å²) in [6, 6.07) is 17.1. The third kappa shape index (κ3) is 6.01. The maximum atomic E-state index is 12.2. The van der Waals surface area contributed by atoms with E-state index in [1.165, 1.54) is 11.9 Å². The van der Waals surface area contributed by atoms with Crippen LogP contribution in [0.5, 0.6) is 0 Å². The standard InChI is InChI=1S/C22H23ClN4O2/c1-16(28)27(25-15-19-9-4-5-10-20(19)23)12-6-11-22(29)26-21-13-17-7-2-3-8-18(17)14-24-21/h2-5,7-10,13-14,25H,6,11-12,15H2,1H3,(H,24,26,29). The van der Waals surface area contributed by atoms with Crippen LogP contribution in [0.2, 0.25) is 5.02 Å². The smallest absolute Gasteiger partial charge is 0.233 e. The summed E-state index contributed by atoms with van der Waals surface area (Å²) in [5, 5.41) is 7.00. The molecule has 0 fully saturated rings. The average Bonchev–Trinajstić information content (AvgIpc) is 2.71. The molecular weight excluding hydrogens is 388 g/mol. The normalized spacial score (nSPS) is 10.7. The van der Waals surface area contributed by atoms with Crippen molar-refractivity contribution in [3.05, 3.63) is 71.4 Å². The Labute approximate surface area is 174 Å². The lowest BCUT2D eigenvalue weighted by Crippen LogP contribution is -2.42. The molecule has 0 atom stereocenters.